The average Bonchev–Trinajstić information content (AvgIpc) is 2.18. The maximum atomic E-state index is 10.7. The van der Waals surface area contributed by atoms with Crippen LogP contribution in [0.2, 0.25) is 0 Å². The van der Waals surface area contributed by atoms with E-state index in [9.17, 15) is 8.76 Å². The summed E-state index contributed by atoms with van der Waals surface area (Å²) in [6, 6.07) is 6.48. The first kappa shape index (κ1) is 15.1. The molecule has 15 heavy (non-hydrogen) atoms. The zero-order chi connectivity index (χ0) is 10.6. The van der Waals surface area contributed by atoms with Gasteiger partial charge in [0.25, 0.3) is 0 Å². The summed E-state index contributed by atoms with van der Waals surface area (Å²) < 4.78 is 26.8. The molecule has 0 fully saturated rings. The van der Waals surface area contributed by atoms with Gasteiger partial charge in [-0.3, -0.25) is 4.21 Å². The van der Waals surface area contributed by atoms with E-state index >= 15 is 0 Å². The van der Waals surface area contributed by atoms with Crippen molar-refractivity contribution in [3.63, 3.8) is 0 Å². The van der Waals surface area contributed by atoms with Crippen LogP contribution in [0.3, 0.4) is 0 Å². The Morgan fingerprint density at radius 1 is 1.53 bits per heavy atom. The minimum atomic E-state index is -2.19. The zero-order valence-electron chi connectivity index (χ0n) is 9.23. The van der Waals surface area contributed by atoms with Crippen molar-refractivity contribution in [3.8, 4) is 5.75 Å². The molecule has 78 valence electrons. The van der Waals surface area contributed by atoms with Crippen molar-refractivity contribution < 1.29 is 43.1 Å². The third kappa shape index (κ3) is 5.13. The molecule has 0 radical (unpaired) electrons. The minimum Gasteiger partial charge on any atom is -0.768 e. The number of benzene rings is 1. The van der Waals surface area contributed by atoms with Crippen LogP contribution in [-0.2, 0) is 11.1 Å². The van der Waals surface area contributed by atoms with Gasteiger partial charge in [0, 0.05) is 4.90 Å². The van der Waals surface area contributed by atoms with Crippen molar-refractivity contribution in [1.29, 1.82) is 0 Å². The van der Waals surface area contributed by atoms with Crippen molar-refractivity contribution in [2.75, 3.05) is 0 Å². The van der Waals surface area contributed by atoms with Crippen LogP contribution in [0.25, 0.3) is 0 Å². The Kier molecular flexibility index (Phi) is 7.48. The van der Waals surface area contributed by atoms with E-state index in [1.54, 1.807) is 12.1 Å². The molecule has 3 nitrogen and oxygen atoms in total. The first-order valence-corrected chi connectivity index (χ1v) is 5.57. The van der Waals surface area contributed by atoms with Crippen LogP contribution in [0.1, 0.15) is 20.3 Å². The molecular formula is C10H13NaO3S. The third-order valence-corrected chi connectivity index (χ3v) is 2.55. The van der Waals surface area contributed by atoms with Crippen LogP contribution in [0.15, 0.2) is 29.2 Å². The molecule has 0 heterocycles. The van der Waals surface area contributed by atoms with Gasteiger partial charge < -0.3 is 9.29 Å². The standard InChI is InChI=1S/C10H14O3S.Na/c1-3-8(2)13-9-5-4-6-10(7-9)14(11)12;/h4-8H,3H2,1-2H3,(H,11,12);/q;+1/p-1. The van der Waals surface area contributed by atoms with Crippen LogP contribution in [0.4, 0.5) is 0 Å². The van der Waals surface area contributed by atoms with Crippen LogP contribution < -0.4 is 34.3 Å². The second-order valence-corrected chi connectivity index (χ2v) is 3.99. The summed E-state index contributed by atoms with van der Waals surface area (Å²) in [6.07, 6.45) is 0.996. The molecule has 0 aliphatic carbocycles. The summed E-state index contributed by atoms with van der Waals surface area (Å²) >= 11 is -2.19. The van der Waals surface area contributed by atoms with Gasteiger partial charge in [-0.1, -0.05) is 13.0 Å². The molecular weight excluding hydrogens is 223 g/mol. The second-order valence-electron chi connectivity index (χ2n) is 3.05. The van der Waals surface area contributed by atoms with Crippen LogP contribution in [0, 0.1) is 0 Å². The zero-order valence-corrected chi connectivity index (χ0v) is 12.0. The van der Waals surface area contributed by atoms with E-state index < -0.39 is 11.1 Å². The fourth-order valence-corrected chi connectivity index (χ4v) is 1.37. The molecule has 2 unspecified atom stereocenters. The topological polar surface area (TPSA) is 49.4 Å². The normalized spacial score (nSPS) is 13.8. The van der Waals surface area contributed by atoms with Gasteiger partial charge in [0.15, 0.2) is 0 Å². The molecule has 0 saturated carbocycles. The Bertz CT molecular complexity index is 330. The van der Waals surface area contributed by atoms with E-state index in [0.717, 1.165) is 6.42 Å². The van der Waals surface area contributed by atoms with Gasteiger partial charge >= 0.3 is 29.6 Å². The number of ether oxygens (including phenoxy) is 1. The Labute approximate surface area is 115 Å². The van der Waals surface area contributed by atoms with E-state index in [1.807, 2.05) is 13.8 Å². The SMILES string of the molecule is CCC(C)Oc1cccc(S(=O)[O-])c1.[Na+]. The minimum absolute atomic E-state index is 0. The third-order valence-electron chi connectivity index (χ3n) is 1.91. The first-order valence-electron chi connectivity index (χ1n) is 4.49. The molecule has 0 aliphatic heterocycles. The van der Waals surface area contributed by atoms with E-state index in [4.69, 9.17) is 4.74 Å². The largest absolute Gasteiger partial charge is 1.00 e. The molecule has 1 aromatic rings. The molecule has 0 N–H and O–H groups in total. The summed E-state index contributed by atoms with van der Waals surface area (Å²) in [5, 5.41) is 0. The summed E-state index contributed by atoms with van der Waals surface area (Å²) in [7, 11) is 0. The van der Waals surface area contributed by atoms with Gasteiger partial charge in [0.2, 0.25) is 0 Å². The Balaban J connectivity index is 0.00000196. The predicted molar refractivity (Wildman–Crippen MR) is 54.0 cm³/mol. The summed E-state index contributed by atoms with van der Waals surface area (Å²) in [4.78, 5) is 0.255. The van der Waals surface area contributed by atoms with Crippen molar-refractivity contribution in [2.24, 2.45) is 0 Å². The summed E-state index contributed by atoms with van der Waals surface area (Å²) in [6.45, 7) is 3.96. The number of rotatable bonds is 4. The Morgan fingerprint density at radius 2 is 2.20 bits per heavy atom. The molecule has 0 bridgehead atoms. The molecule has 0 saturated heterocycles. The fourth-order valence-electron chi connectivity index (χ4n) is 0.967. The van der Waals surface area contributed by atoms with Gasteiger partial charge in [-0.15, -0.1) is 0 Å². The molecule has 0 aromatic heterocycles. The van der Waals surface area contributed by atoms with Gasteiger partial charge in [-0.05, 0) is 42.6 Å². The van der Waals surface area contributed by atoms with Crippen molar-refractivity contribution in [1.82, 2.24) is 0 Å². The van der Waals surface area contributed by atoms with E-state index in [2.05, 4.69) is 0 Å². The smallest absolute Gasteiger partial charge is 0.768 e. The number of hydrogen-bond acceptors (Lipinski definition) is 3. The van der Waals surface area contributed by atoms with Gasteiger partial charge in [0.05, 0.1) is 6.10 Å². The van der Waals surface area contributed by atoms with Gasteiger partial charge in [0.1, 0.15) is 5.75 Å². The number of hydrogen-bond donors (Lipinski definition) is 0. The molecule has 1 aromatic carbocycles. The summed E-state index contributed by atoms with van der Waals surface area (Å²) in [5.41, 5.74) is 0. The van der Waals surface area contributed by atoms with Gasteiger partial charge in [-0.2, -0.15) is 0 Å². The Morgan fingerprint density at radius 3 is 2.73 bits per heavy atom. The molecule has 0 spiro atoms. The predicted octanol–water partition coefficient (Wildman–Crippen LogP) is -0.894. The van der Waals surface area contributed by atoms with E-state index in [1.165, 1.54) is 12.1 Å². The molecule has 0 amide bonds. The maximum Gasteiger partial charge on any atom is 1.00 e. The van der Waals surface area contributed by atoms with Gasteiger partial charge in [-0.25, -0.2) is 0 Å². The van der Waals surface area contributed by atoms with Crippen molar-refractivity contribution in [3.05, 3.63) is 24.3 Å². The molecule has 1 rings (SSSR count). The Hall–Kier alpha value is 0.130. The van der Waals surface area contributed by atoms with E-state index in [-0.39, 0.29) is 40.6 Å². The maximum absolute atomic E-state index is 10.7. The first-order chi connectivity index (χ1) is 6.63. The van der Waals surface area contributed by atoms with Crippen molar-refractivity contribution in [2.45, 2.75) is 31.3 Å². The summed E-state index contributed by atoms with van der Waals surface area (Å²) in [5.74, 6) is 0.598. The van der Waals surface area contributed by atoms with Crippen LogP contribution in [0.5, 0.6) is 5.75 Å². The van der Waals surface area contributed by atoms with Crippen LogP contribution in [-0.4, -0.2) is 14.9 Å². The van der Waals surface area contributed by atoms with Crippen LogP contribution >= 0.6 is 0 Å². The fraction of sp³-hybridized carbons (Fsp3) is 0.400. The van der Waals surface area contributed by atoms with E-state index in [0.29, 0.717) is 5.75 Å². The van der Waals surface area contributed by atoms with Crippen molar-refractivity contribution >= 4 is 11.1 Å². The quantitative estimate of drug-likeness (QED) is 0.503. The second kappa shape index (κ2) is 7.41. The monoisotopic (exact) mass is 236 g/mol. The molecule has 2 atom stereocenters. The molecule has 5 heteroatoms. The molecule has 0 aliphatic rings. The average molecular weight is 236 g/mol.